The van der Waals surface area contributed by atoms with Crippen LogP contribution in [0.1, 0.15) is 86.9 Å². The highest BCUT2D eigenvalue weighted by Gasteiger charge is 2.45. The largest absolute Gasteiger partial charge is 0.490 e. The van der Waals surface area contributed by atoms with Crippen molar-refractivity contribution in [3.63, 3.8) is 0 Å². The number of carbonyl (C=O) groups excluding carboxylic acids is 5. The van der Waals surface area contributed by atoms with Crippen LogP contribution in [-0.2, 0) is 9.59 Å². The number of piperazine rings is 1. The number of nitrogens with one attached hydrogen (secondary N) is 2. The summed E-state index contributed by atoms with van der Waals surface area (Å²) in [5, 5.41) is 5.71. The Kier molecular flexibility index (Phi) is 11.9. The molecule has 1 saturated carbocycles. The van der Waals surface area contributed by atoms with Crippen molar-refractivity contribution in [1.29, 1.82) is 0 Å². The van der Waals surface area contributed by atoms with Gasteiger partial charge in [0, 0.05) is 86.9 Å². The Balaban J connectivity index is 0.784. The Morgan fingerprint density at radius 2 is 1.74 bits per heavy atom. The summed E-state index contributed by atoms with van der Waals surface area (Å²) in [6.07, 6.45) is 5.72. The predicted molar refractivity (Wildman–Crippen MR) is 231 cm³/mol. The second-order valence-corrected chi connectivity index (χ2v) is 17.7. The fourth-order valence-corrected chi connectivity index (χ4v) is 9.64. The van der Waals surface area contributed by atoms with Gasteiger partial charge in [-0.25, -0.2) is 14.6 Å². The zero-order valence-electron chi connectivity index (χ0n) is 35.0. The third-order valence-corrected chi connectivity index (χ3v) is 13.3. The molecule has 3 atom stereocenters. The molecular formula is C45H52ClN9O6. The number of ether oxygens (including phenoxy) is 1. The lowest BCUT2D eigenvalue weighted by molar-refractivity contribution is -0.136. The van der Waals surface area contributed by atoms with Gasteiger partial charge in [0.25, 0.3) is 11.8 Å². The zero-order valence-corrected chi connectivity index (χ0v) is 35.7. The van der Waals surface area contributed by atoms with Crippen LogP contribution in [0, 0.1) is 12.5 Å². The molecule has 4 aliphatic heterocycles. The normalized spacial score (nSPS) is 24.5. The van der Waals surface area contributed by atoms with Gasteiger partial charge >= 0.3 is 6.03 Å². The van der Waals surface area contributed by atoms with Crippen LogP contribution in [0.25, 0.3) is 4.85 Å². The van der Waals surface area contributed by atoms with E-state index in [-0.39, 0.29) is 48.2 Å². The Hall–Kier alpha value is -5.72. The minimum absolute atomic E-state index is 0.0125. The molecule has 15 nitrogen and oxygen atoms in total. The first kappa shape index (κ1) is 42.0. The van der Waals surface area contributed by atoms with E-state index in [4.69, 9.17) is 27.9 Å². The number of amides is 6. The van der Waals surface area contributed by atoms with E-state index in [0.29, 0.717) is 53.2 Å². The van der Waals surface area contributed by atoms with E-state index in [9.17, 15) is 24.0 Å². The number of piperidine rings is 2. The highest BCUT2D eigenvalue weighted by Crippen LogP contribution is 2.36. The second-order valence-electron chi connectivity index (χ2n) is 17.3. The van der Waals surface area contributed by atoms with Crippen LogP contribution in [-0.4, -0.2) is 118 Å². The average molecular weight is 850 g/mol. The molecule has 1 aliphatic carbocycles. The number of imide groups is 2. The molecule has 1 aromatic heterocycles. The van der Waals surface area contributed by atoms with Crippen molar-refractivity contribution >= 4 is 64.1 Å². The molecule has 8 rings (SSSR count). The fraction of sp³-hybridized carbons (Fsp3) is 0.489. The monoisotopic (exact) mass is 849 g/mol. The van der Waals surface area contributed by atoms with Crippen molar-refractivity contribution in [2.45, 2.75) is 103 Å². The lowest BCUT2D eigenvalue weighted by Gasteiger charge is -2.46. The maximum absolute atomic E-state index is 13.4. The van der Waals surface area contributed by atoms with Gasteiger partial charge < -0.3 is 24.8 Å². The molecule has 1 unspecified atom stereocenters. The first-order chi connectivity index (χ1) is 29.3. The lowest BCUT2D eigenvalue weighted by Crippen LogP contribution is -2.59. The molecule has 6 amide bonds. The highest BCUT2D eigenvalue weighted by atomic mass is 35.5. The van der Waals surface area contributed by atoms with E-state index < -0.39 is 29.7 Å². The van der Waals surface area contributed by atoms with E-state index in [0.717, 1.165) is 61.7 Å². The number of hydrogen-bond donors (Lipinski definition) is 2. The summed E-state index contributed by atoms with van der Waals surface area (Å²) < 4.78 is 6.30. The van der Waals surface area contributed by atoms with E-state index in [1.807, 2.05) is 36.1 Å². The predicted octanol–water partition coefficient (Wildman–Crippen LogP) is 6.35. The van der Waals surface area contributed by atoms with Gasteiger partial charge in [0.1, 0.15) is 23.7 Å². The van der Waals surface area contributed by atoms with Crippen LogP contribution in [0.5, 0.6) is 5.75 Å². The summed E-state index contributed by atoms with van der Waals surface area (Å²) >= 11 is 6.32. The number of hydrogen-bond acceptors (Lipinski definition) is 10. The molecule has 0 spiro atoms. The number of anilines is 3. The van der Waals surface area contributed by atoms with E-state index in [2.05, 4.69) is 50.9 Å². The van der Waals surface area contributed by atoms with Crippen LogP contribution in [0.15, 0.2) is 54.7 Å². The molecule has 4 fully saturated rings. The topological polar surface area (TPSA) is 152 Å². The quantitative estimate of drug-likeness (QED) is 0.174. The van der Waals surface area contributed by atoms with Gasteiger partial charge in [-0.1, -0.05) is 17.7 Å². The van der Waals surface area contributed by atoms with E-state index in [1.54, 1.807) is 30.5 Å². The third-order valence-electron chi connectivity index (χ3n) is 13.0. The smallest absolute Gasteiger partial charge is 0.322 e. The number of rotatable bonds is 10. The van der Waals surface area contributed by atoms with Crippen molar-refractivity contribution < 1.29 is 28.7 Å². The molecule has 0 bridgehead atoms. The molecule has 2 N–H and O–H groups in total. The van der Waals surface area contributed by atoms with Gasteiger partial charge in [-0.05, 0) is 95.3 Å². The molecule has 2 aromatic carbocycles. The van der Waals surface area contributed by atoms with Crippen molar-refractivity contribution in [3.05, 3.63) is 82.3 Å². The zero-order chi connectivity index (χ0) is 43.1. The fourth-order valence-electron chi connectivity index (χ4n) is 9.42. The summed E-state index contributed by atoms with van der Waals surface area (Å²) in [4.78, 5) is 82.0. The summed E-state index contributed by atoms with van der Waals surface area (Å²) in [5.74, 6) is -0.137. The number of aromatic nitrogens is 1. The first-order valence-electron chi connectivity index (χ1n) is 21.3. The number of fused-ring (bicyclic) bond motifs is 1. The minimum atomic E-state index is -1.00. The van der Waals surface area contributed by atoms with Crippen molar-refractivity contribution in [3.8, 4) is 5.75 Å². The third kappa shape index (κ3) is 8.61. The number of carbonyl (C=O) groups is 5. The average Bonchev–Trinajstić information content (AvgIpc) is 3.47. The van der Waals surface area contributed by atoms with Gasteiger partial charge in [-0.15, -0.1) is 0 Å². The van der Waals surface area contributed by atoms with Crippen LogP contribution in [0.2, 0.25) is 5.02 Å². The van der Waals surface area contributed by atoms with Crippen LogP contribution in [0.4, 0.5) is 27.7 Å². The molecule has 320 valence electrons. The van der Waals surface area contributed by atoms with Gasteiger partial charge in [-0.2, -0.15) is 0 Å². The summed E-state index contributed by atoms with van der Waals surface area (Å²) in [5.41, 5.74) is 2.48. The maximum atomic E-state index is 13.4. The van der Waals surface area contributed by atoms with Gasteiger partial charge in [0.15, 0.2) is 0 Å². The molecule has 0 radical (unpaired) electrons. The van der Waals surface area contributed by atoms with Gasteiger partial charge in [0.2, 0.25) is 17.5 Å². The lowest BCUT2D eigenvalue weighted by atomic mass is 9.85. The van der Waals surface area contributed by atoms with E-state index >= 15 is 0 Å². The number of halogens is 1. The van der Waals surface area contributed by atoms with Crippen molar-refractivity contribution in [1.82, 2.24) is 25.0 Å². The highest BCUT2D eigenvalue weighted by molar-refractivity contribution is 6.33. The van der Waals surface area contributed by atoms with Crippen LogP contribution >= 0.6 is 11.6 Å². The molecular weight excluding hydrogens is 798 g/mol. The Bertz CT molecular complexity index is 2250. The Morgan fingerprint density at radius 3 is 2.41 bits per heavy atom. The Morgan fingerprint density at radius 1 is 0.984 bits per heavy atom. The number of urea groups is 1. The van der Waals surface area contributed by atoms with Crippen LogP contribution in [0.3, 0.4) is 0 Å². The summed E-state index contributed by atoms with van der Waals surface area (Å²) in [7, 11) is 0. The summed E-state index contributed by atoms with van der Waals surface area (Å²) in [6, 6.07) is 13.9. The Labute approximate surface area is 361 Å². The molecule has 16 heteroatoms. The van der Waals surface area contributed by atoms with Crippen LogP contribution < -0.4 is 25.2 Å². The molecule has 5 aliphatic rings. The molecule has 3 aromatic rings. The number of nitrogens with zero attached hydrogens (tertiary/aromatic N) is 7. The second kappa shape index (κ2) is 17.3. The molecule has 5 heterocycles. The summed E-state index contributed by atoms with van der Waals surface area (Å²) in [6.45, 7) is 19.8. The standard InChI is InChI=1S/C45H52ClN9O6/c1-26(2)52(32-18-34(19-32)61-33-8-9-35-36(21-33)44(59)55(43(35)58)39-11-13-41(56)50-42(39)57)25-29-14-16-51(17-15-29)40-12-6-30(22-48-40)49-45(60)54-24-27(3)53(23-28(54)4)31-7-10-38(47-5)37(46)20-31/h6-10,12,20-22,26-29,32,34,39H,11,13-19,23-25H2,1-4H3,(H,49,60)(H,50,56,57)/t27-,28+,32?,34?,39?/m0/s1. The number of benzene rings is 2. The van der Waals surface area contributed by atoms with Crippen molar-refractivity contribution in [2.24, 2.45) is 5.92 Å². The van der Waals surface area contributed by atoms with E-state index in [1.165, 1.54) is 0 Å². The SMILES string of the molecule is [C-]#[N+]c1ccc(N2C[C@@H](C)N(C(=O)Nc3ccc(N4CCC(CN(C(C)C)C5CC(Oc6ccc7c(c6)C(=O)N(C6CCC(=O)NC6=O)C7=O)C5)CC4)nc3)C[C@@H]2C)cc1Cl. The maximum Gasteiger partial charge on any atom is 0.322 e. The molecule has 3 saturated heterocycles. The molecule has 61 heavy (non-hydrogen) atoms. The van der Waals surface area contributed by atoms with Gasteiger partial charge in [0.05, 0.1) is 29.6 Å². The first-order valence-corrected chi connectivity index (χ1v) is 21.7. The van der Waals surface area contributed by atoms with Crippen molar-refractivity contribution in [2.75, 3.05) is 47.8 Å². The minimum Gasteiger partial charge on any atom is -0.490 e. The number of pyridine rings is 1. The van der Waals surface area contributed by atoms with Gasteiger partial charge in [-0.3, -0.25) is 34.3 Å².